The number of imidazole rings is 1. The molecule has 0 aliphatic carbocycles. The molecular weight excluding hydrogens is 515 g/mol. The predicted octanol–water partition coefficient (Wildman–Crippen LogP) is 0.0808. The van der Waals surface area contributed by atoms with Crippen molar-refractivity contribution in [3.63, 3.8) is 0 Å². The quantitative estimate of drug-likeness (QED) is 0.245. The van der Waals surface area contributed by atoms with E-state index in [4.69, 9.17) is 24.8 Å². The third-order valence-corrected chi connectivity index (χ3v) is 9.23. The van der Waals surface area contributed by atoms with Crippen LogP contribution in [0.5, 0.6) is 0 Å². The van der Waals surface area contributed by atoms with Gasteiger partial charge in [-0.2, -0.15) is 4.31 Å². The van der Waals surface area contributed by atoms with E-state index < -0.39 is 46.4 Å². The zero-order valence-corrected chi connectivity index (χ0v) is 19.9. The average Bonchev–Trinajstić information content (AvgIpc) is 3.12. The van der Waals surface area contributed by atoms with Crippen LogP contribution in [0.3, 0.4) is 0 Å². The highest BCUT2D eigenvalue weighted by atomic mass is 32.5. The van der Waals surface area contributed by atoms with Gasteiger partial charge in [0.15, 0.2) is 11.5 Å². The van der Waals surface area contributed by atoms with Crippen molar-refractivity contribution >= 4 is 51.2 Å². The molecule has 1 fully saturated rings. The van der Waals surface area contributed by atoms with E-state index in [9.17, 15) is 24.0 Å². The van der Waals surface area contributed by atoms with E-state index in [0.29, 0.717) is 11.2 Å². The van der Waals surface area contributed by atoms with E-state index in [1.54, 1.807) is 6.92 Å². The molecule has 3 unspecified atom stereocenters. The number of aromatic nitrogens is 4. The summed E-state index contributed by atoms with van der Waals surface area (Å²) in [5.74, 6) is 0.145. The second kappa shape index (κ2) is 8.40. The molecule has 7 N–H and O–H groups in total. The van der Waals surface area contributed by atoms with Crippen molar-refractivity contribution < 1.29 is 51.7 Å². The number of fused-ring (bicyclic) bond motifs is 1. The molecule has 0 spiro atoms. The molecule has 1 aliphatic rings. The maximum absolute atomic E-state index is 11.6. The van der Waals surface area contributed by atoms with Crippen LogP contribution in [-0.4, -0.2) is 62.5 Å². The highest BCUT2D eigenvalue weighted by molar-refractivity contribution is 8.08. The summed E-state index contributed by atoms with van der Waals surface area (Å²) >= 11 is 4.59. The third-order valence-electron chi connectivity index (χ3n) is 4.53. The molecule has 0 aromatic carbocycles. The van der Waals surface area contributed by atoms with Crippen LogP contribution in [0.4, 0.5) is 5.82 Å². The lowest BCUT2D eigenvalue weighted by atomic mass is 9.99. The Morgan fingerprint density at radius 1 is 1.25 bits per heavy atom. The van der Waals surface area contributed by atoms with Crippen LogP contribution < -0.4 is 5.73 Å². The molecule has 5 atom stereocenters. The van der Waals surface area contributed by atoms with Crippen molar-refractivity contribution in [2.24, 2.45) is 0 Å². The molecule has 0 bridgehead atoms. The molecule has 32 heavy (non-hydrogen) atoms. The number of hydrogen-bond acceptors (Lipinski definition) is 12. The van der Waals surface area contributed by atoms with Gasteiger partial charge < -0.3 is 39.7 Å². The van der Waals surface area contributed by atoms with Gasteiger partial charge in [-0.15, -0.1) is 0 Å². The van der Waals surface area contributed by atoms with Crippen molar-refractivity contribution in [3.05, 3.63) is 12.7 Å². The second-order valence-electron chi connectivity index (χ2n) is 7.22. The second-order valence-corrected chi connectivity index (χ2v) is 13.0. The number of phosphoric acid groups is 2. The van der Waals surface area contributed by atoms with Gasteiger partial charge in [0, 0.05) is 6.42 Å². The largest absolute Gasteiger partial charge is 0.488 e. The molecule has 2 aromatic rings. The van der Waals surface area contributed by atoms with Crippen LogP contribution in [-0.2, 0) is 44.5 Å². The molecule has 2 aromatic heterocycles. The van der Waals surface area contributed by atoms with Gasteiger partial charge in [-0.25, -0.2) is 28.4 Å². The van der Waals surface area contributed by atoms with Gasteiger partial charge in [0.05, 0.1) is 19.0 Å². The van der Waals surface area contributed by atoms with E-state index in [-0.39, 0.29) is 12.2 Å². The Morgan fingerprint density at radius 3 is 2.53 bits per heavy atom. The SMILES string of the molecule is C[C@]1(COP(O)(=S)OP(=O)(O)OP(=O)(O)O)O[C@@](C)(n2cnc3c(N)ncnc32)CC1O. The maximum Gasteiger partial charge on any atom is 0.488 e. The number of nitrogen functional groups attached to an aromatic ring is 1. The number of ether oxygens (including phenoxy) is 1. The normalized spacial score (nSPS) is 30.3. The molecule has 3 rings (SSSR count). The summed E-state index contributed by atoms with van der Waals surface area (Å²) in [5, 5.41) is 10.6. The van der Waals surface area contributed by atoms with Crippen molar-refractivity contribution in [2.45, 2.75) is 37.7 Å². The van der Waals surface area contributed by atoms with Gasteiger partial charge in [-0.1, -0.05) is 0 Å². The van der Waals surface area contributed by atoms with Crippen LogP contribution in [0.15, 0.2) is 12.7 Å². The van der Waals surface area contributed by atoms with Gasteiger partial charge in [-0.05, 0) is 25.7 Å². The van der Waals surface area contributed by atoms with Crippen LogP contribution in [0.1, 0.15) is 20.3 Å². The Hall–Kier alpha value is -0.900. The molecule has 1 aliphatic heterocycles. The number of hydrogen-bond donors (Lipinski definition) is 6. The Kier molecular flexibility index (Phi) is 6.75. The molecule has 0 saturated carbocycles. The van der Waals surface area contributed by atoms with Crippen LogP contribution >= 0.6 is 22.4 Å². The van der Waals surface area contributed by atoms with E-state index in [1.807, 2.05) is 0 Å². The van der Waals surface area contributed by atoms with Gasteiger partial charge in [0.1, 0.15) is 23.2 Å². The first-order chi connectivity index (χ1) is 14.5. The fraction of sp³-hybridized carbons (Fsp3) is 0.583. The molecule has 20 heteroatoms. The molecule has 1 saturated heterocycles. The van der Waals surface area contributed by atoms with Gasteiger partial charge in [0.25, 0.3) is 0 Å². The number of rotatable bonds is 8. The van der Waals surface area contributed by atoms with Crippen molar-refractivity contribution in [1.29, 1.82) is 0 Å². The van der Waals surface area contributed by atoms with Gasteiger partial charge in [-0.3, -0.25) is 4.57 Å². The highest BCUT2D eigenvalue weighted by Gasteiger charge is 2.53. The number of anilines is 1. The maximum atomic E-state index is 11.6. The molecule has 0 radical (unpaired) electrons. The Bertz CT molecular complexity index is 1170. The predicted molar refractivity (Wildman–Crippen MR) is 110 cm³/mol. The van der Waals surface area contributed by atoms with E-state index in [2.05, 4.69) is 35.4 Å². The first kappa shape index (κ1) is 25.7. The summed E-state index contributed by atoms with van der Waals surface area (Å²) in [6.45, 7) is -2.14. The summed E-state index contributed by atoms with van der Waals surface area (Å²) in [6, 6.07) is 0. The van der Waals surface area contributed by atoms with E-state index >= 15 is 0 Å². The lowest BCUT2D eigenvalue weighted by Gasteiger charge is -2.32. The van der Waals surface area contributed by atoms with Gasteiger partial charge in [0.2, 0.25) is 0 Å². The van der Waals surface area contributed by atoms with Crippen molar-refractivity contribution in [1.82, 2.24) is 19.5 Å². The lowest BCUT2D eigenvalue weighted by Crippen LogP contribution is -2.41. The summed E-state index contributed by atoms with van der Waals surface area (Å²) in [7, 11) is -10.9. The Morgan fingerprint density at radius 2 is 1.91 bits per heavy atom. The molecule has 180 valence electrons. The van der Waals surface area contributed by atoms with Crippen LogP contribution in [0.2, 0.25) is 0 Å². The first-order valence-electron chi connectivity index (χ1n) is 8.56. The summed E-state index contributed by atoms with van der Waals surface area (Å²) in [6.07, 6.45) is 1.46. The zero-order chi connectivity index (χ0) is 24.2. The number of nitrogens with zero attached hydrogens (tertiary/aromatic N) is 4. The topological polar surface area (TPSA) is 242 Å². The van der Waals surface area contributed by atoms with Gasteiger partial charge >= 0.3 is 22.4 Å². The third kappa shape index (κ3) is 5.59. The summed E-state index contributed by atoms with van der Waals surface area (Å²) in [5.41, 5.74) is 3.73. The monoisotopic (exact) mass is 535 g/mol. The smallest absolute Gasteiger partial charge is 0.390 e. The van der Waals surface area contributed by atoms with E-state index in [1.165, 1.54) is 24.1 Å². The minimum atomic E-state index is -5.47. The number of aliphatic hydroxyl groups excluding tert-OH is 1. The standard InChI is InChI=1S/C12H20N5O11P3S/c1-11(4-25-31(24,32)28-30(22,23)27-29(19,20)21)7(18)3-12(2,26-11)17-6-16-8-9(13)14-5-15-10(8)17/h5-7,18H,3-4H2,1-2H3,(H,22,23)(H,24,32)(H2,13,14,15)(H2,19,20,21)/t7?,11-,12-,31?/m1/s1. The van der Waals surface area contributed by atoms with Crippen LogP contribution in [0, 0.1) is 0 Å². The number of aliphatic hydroxyl groups is 1. The fourth-order valence-corrected chi connectivity index (χ4v) is 7.20. The minimum Gasteiger partial charge on any atom is -0.390 e. The average molecular weight is 535 g/mol. The highest BCUT2D eigenvalue weighted by Crippen LogP contribution is 2.66. The van der Waals surface area contributed by atoms with Crippen molar-refractivity contribution in [3.8, 4) is 0 Å². The lowest BCUT2D eigenvalue weighted by molar-refractivity contribution is -0.157. The van der Waals surface area contributed by atoms with Crippen molar-refractivity contribution in [2.75, 3.05) is 12.3 Å². The zero-order valence-electron chi connectivity index (χ0n) is 16.4. The molecule has 0 amide bonds. The fourth-order valence-electron chi connectivity index (χ4n) is 3.17. The van der Waals surface area contributed by atoms with Crippen LogP contribution in [0.25, 0.3) is 11.2 Å². The first-order valence-corrected chi connectivity index (χ1v) is 14.2. The van der Waals surface area contributed by atoms with E-state index in [0.717, 1.165) is 0 Å². The molecular formula is C12H20N5O11P3S. The molecule has 3 heterocycles. The molecule has 16 nitrogen and oxygen atoms in total. The Labute approximate surface area is 185 Å². The number of nitrogens with two attached hydrogens (primary N) is 1. The minimum absolute atomic E-state index is 0.0111. The summed E-state index contributed by atoms with van der Waals surface area (Å²) in [4.78, 5) is 48.8. The Balaban J connectivity index is 1.76. The summed E-state index contributed by atoms with van der Waals surface area (Å²) < 4.78 is 42.7.